The summed E-state index contributed by atoms with van der Waals surface area (Å²) in [5.41, 5.74) is 2.09. The minimum atomic E-state index is -3.57. The molecule has 0 atom stereocenters. The van der Waals surface area contributed by atoms with E-state index in [0.29, 0.717) is 23.4 Å². The van der Waals surface area contributed by atoms with Crippen LogP contribution in [-0.2, 0) is 10.0 Å². The van der Waals surface area contributed by atoms with Gasteiger partial charge in [0.05, 0.1) is 4.90 Å². The van der Waals surface area contributed by atoms with E-state index in [1.54, 1.807) is 25.1 Å². The van der Waals surface area contributed by atoms with Crippen molar-refractivity contribution in [2.75, 3.05) is 18.4 Å². The molecular formula is C19H23N3O4S. The number of carbonyl (C=O) groups is 2. The van der Waals surface area contributed by atoms with Crippen molar-refractivity contribution < 1.29 is 18.0 Å². The number of nitrogens with one attached hydrogen (secondary N) is 3. The highest BCUT2D eigenvalue weighted by atomic mass is 32.2. The lowest BCUT2D eigenvalue weighted by Gasteiger charge is -2.11. The fraction of sp³-hybridized carbons (Fsp3) is 0.263. The molecule has 0 heterocycles. The Bertz CT molecular complexity index is 938. The molecule has 3 N–H and O–H groups in total. The van der Waals surface area contributed by atoms with Gasteiger partial charge >= 0.3 is 0 Å². The van der Waals surface area contributed by atoms with Crippen LogP contribution >= 0.6 is 0 Å². The quantitative estimate of drug-likeness (QED) is 0.676. The predicted octanol–water partition coefficient (Wildman–Crippen LogP) is 2.30. The summed E-state index contributed by atoms with van der Waals surface area (Å²) in [7, 11) is -3.57. The lowest BCUT2D eigenvalue weighted by atomic mass is 10.1. The monoisotopic (exact) mass is 389 g/mol. The third kappa shape index (κ3) is 5.15. The molecule has 2 aromatic carbocycles. The average Bonchev–Trinajstić information content (AvgIpc) is 2.63. The van der Waals surface area contributed by atoms with Gasteiger partial charge in [-0.15, -0.1) is 0 Å². The van der Waals surface area contributed by atoms with Crippen LogP contribution in [0.1, 0.15) is 40.1 Å². The zero-order valence-corrected chi connectivity index (χ0v) is 16.3. The second-order valence-electron chi connectivity index (χ2n) is 5.87. The zero-order valence-electron chi connectivity index (χ0n) is 15.5. The van der Waals surface area contributed by atoms with Gasteiger partial charge in [-0.05, 0) is 55.8 Å². The summed E-state index contributed by atoms with van der Waals surface area (Å²) in [6.07, 6.45) is 0. The summed E-state index contributed by atoms with van der Waals surface area (Å²) in [5, 5.41) is 5.47. The van der Waals surface area contributed by atoms with Crippen LogP contribution in [0, 0.1) is 6.92 Å². The standard InChI is InChI=1S/C19H23N3O4S/c1-4-20-18(23)15-7-6-13(3)17(12-15)22-19(24)14-8-10-16(11-9-14)27(25,26)21-5-2/h6-12,21H,4-5H2,1-3H3,(H,20,23)(H,22,24). The van der Waals surface area contributed by atoms with Crippen molar-refractivity contribution in [1.82, 2.24) is 10.0 Å². The first-order valence-electron chi connectivity index (χ1n) is 8.58. The summed E-state index contributed by atoms with van der Waals surface area (Å²) in [4.78, 5) is 24.5. The topological polar surface area (TPSA) is 104 Å². The van der Waals surface area contributed by atoms with Gasteiger partial charge in [0.15, 0.2) is 0 Å². The van der Waals surface area contributed by atoms with Crippen molar-refractivity contribution >= 4 is 27.5 Å². The second kappa shape index (κ2) is 8.79. The molecule has 0 aliphatic rings. The van der Waals surface area contributed by atoms with E-state index < -0.39 is 15.9 Å². The molecule has 0 bridgehead atoms. The van der Waals surface area contributed by atoms with Gasteiger partial charge in [0.25, 0.3) is 11.8 Å². The Morgan fingerprint density at radius 2 is 1.52 bits per heavy atom. The van der Waals surface area contributed by atoms with E-state index in [4.69, 9.17) is 0 Å². The number of anilines is 1. The summed E-state index contributed by atoms with van der Waals surface area (Å²) >= 11 is 0. The minimum absolute atomic E-state index is 0.0929. The molecule has 0 aliphatic heterocycles. The number of amides is 2. The number of hydrogen-bond donors (Lipinski definition) is 3. The third-order valence-corrected chi connectivity index (χ3v) is 5.41. The van der Waals surface area contributed by atoms with Gasteiger partial charge < -0.3 is 10.6 Å². The molecule has 7 nitrogen and oxygen atoms in total. The predicted molar refractivity (Wildman–Crippen MR) is 104 cm³/mol. The summed E-state index contributed by atoms with van der Waals surface area (Å²) in [6, 6.07) is 10.7. The van der Waals surface area contributed by atoms with E-state index in [0.717, 1.165) is 5.56 Å². The van der Waals surface area contributed by atoms with Crippen LogP contribution in [0.5, 0.6) is 0 Å². The Morgan fingerprint density at radius 3 is 2.11 bits per heavy atom. The smallest absolute Gasteiger partial charge is 0.255 e. The Kier molecular flexibility index (Phi) is 6.70. The number of carbonyl (C=O) groups excluding carboxylic acids is 2. The molecule has 0 fully saturated rings. The molecule has 27 heavy (non-hydrogen) atoms. The third-order valence-electron chi connectivity index (χ3n) is 3.85. The van der Waals surface area contributed by atoms with Gasteiger partial charge in [0.1, 0.15) is 0 Å². The lowest BCUT2D eigenvalue weighted by molar-refractivity contribution is 0.0954. The van der Waals surface area contributed by atoms with Crippen molar-refractivity contribution in [3.63, 3.8) is 0 Å². The normalized spacial score (nSPS) is 11.1. The largest absolute Gasteiger partial charge is 0.352 e. The van der Waals surface area contributed by atoms with Gasteiger partial charge in [-0.1, -0.05) is 13.0 Å². The Balaban J connectivity index is 2.20. The molecule has 8 heteroatoms. The van der Waals surface area contributed by atoms with E-state index in [2.05, 4.69) is 15.4 Å². The highest BCUT2D eigenvalue weighted by Gasteiger charge is 2.15. The number of benzene rings is 2. The Labute approximate surface area is 159 Å². The van der Waals surface area contributed by atoms with Crippen molar-refractivity contribution in [2.45, 2.75) is 25.7 Å². The highest BCUT2D eigenvalue weighted by molar-refractivity contribution is 7.89. The van der Waals surface area contributed by atoms with Gasteiger partial charge in [-0.2, -0.15) is 0 Å². The SMILES string of the molecule is CCNC(=O)c1ccc(C)c(NC(=O)c2ccc(S(=O)(=O)NCC)cc2)c1. The molecule has 0 radical (unpaired) electrons. The molecule has 0 aliphatic carbocycles. The fourth-order valence-electron chi connectivity index (χ4n) is 2.41. The van der Waals surface area contributed by atoms with Crippen molar-refractivity contribution in [3.8, 4) is 0 Å². The van der Waals surface area contributed by atoms with Crippen molar-refractivity contribution in [2.24, 2.45) is 0 Å². The molecule has 0 unspecified atom stereocenters. The van der Waals surface area contributed by atoms with E-state index >= 15 is 0 Å². The van der Waals surface area contributed by atoms with E-state index in [1.165, 1.54) is 24.3 Å². The molecule has 0 saturated carbocycles. The van der Waals surface area contributed by atoms with Crippen LogP contribution in [0.3, 0.4) is 0 Å². The Hall–Kier alpha value is -2.71. The van der Waals surface area contributed by atoms with Crippen LogP contribution in [-0.4, -0.2) is 33.3 Å². The van der Waals surface area contributed by atoms with Gasteiger partial charge in [0.2, 0.25) is 10.0 Å². The van der Waals surface area contributed by atoms with Crippen LogP contribution in [0.2, 0.25) is 0 Å². The average molecular weight is 389 g/mol. The van der Waals surface area contributed by atoms with E-state index in [1.807, 2.05) is 13.8 Å². The number of hydrogen-bond acceptors (Lipinski definition) is 4. The van der Waals surface area contributed by atoms with Gasteiger partial charge in [-0.3, -0.25) is 9.59 Å². The maximum atomic E-state index is 12.5. The maximum Gasteiger partial charge on any atom is 0.255 e. The second-order valence-corrected chi connectivity index (χ2v) is 7.64. The molecule has 0 aromatic heterocycles. The van der Waals surface area contributed by atoms with Crippen molar-refractivity contribution in [3.05, 3.63) is 59.2 Å². The molecule has 0 saturated heterocycles. The number of rotatable bonds is 7. The first-order chi connectivity index (χ1) is 12.8. The lowest BCUT2D eigenvalue weighted by Crippen LogP contribution is -2.23. The molecule has 2 aromatic rings. The molecule has 2 rings (SSSR count). The maximum absolute atomic E-state index is 12.5. The highest BCUT2D eigenvalue weighted by Crippen LogP contribution is 2.19. The van der Waals surface area contributed by atoms with Crippen LogP contribution in [0.4, 0.5) is 5.69 Å². The molecule has 2 amide bonds. The minimum Gasteiger partial charge on any atom is -0.352 e. The fourth-order valence-corrected chi connectivity index (χ4v) is 3.45. The summed E-state index contributed by atoms with van der Waals surface area (Å²) < 4.78 is 26.3. The number of aryl methyl sites for hydroxylation is 1. The zero-order chi connectivity index (χ0) is 20.0. The van der Waals surface area contributed by atoms with Crippen LogP contribution in [0.15, 0.2) is 47.4 Å². The first kappa shape index (κ1) is 20.6. The van der Waals surface area contributed by atoms with Crippen LogP contribution < -0.4 is 15.4 Å². The number of sulfonamides is 1. The molecule has 0 spiro atoms. The molecular weight excluding hydrogens is 366 g/mol. The molecule has 144 valence electrons. The summed E-state index contributed by atoms with van der Waals surface area (Å²) in [5.74, 6) is -0.607. The Morgan fingerprint density at radius 1 is 0.889 bits per heavy atom. The van der Waals surface area contributed by atoms with E-state index in [-0.39, 0.29) is 17.3 Å². The van der Waals surface area contributed by atoms with Crippen molar-refractivity contribution in [1.29, 1.82) is 0 Å². The van der Waals surface area contributed by atoms with Gasteiger partial charge in [-0.25, -0.2) is 13.1 Å². The van der Waals surface area contributed by atoms with E-state index in [9.17, 15) is 18.0 Å². The van der Waals surface area contributed by atoms with Gasteiger partial charge in [0, 0.05) is 29.9 Å². The van der Waals surface area contributed by atoms with Crippen LogP contribution in [0.25, 0.3) is 0 Å². The summed E-state index contributed by atoms with van der Waals surface area (Å²) in [6.45, 7) is 6.14. The first-order valence-corrected chi connectivity index (χ1v) is 10.1.